The summed E-state index contributed by atoms with van der Waals surface area (Å²) in [6.07, 6.45) is 5.90. The summed E-state index contributed by atoms with van der Waals surface area (Å²) in [7, 11) is -3.86. The average molecular weight is 351 g/mol. The van der Waals surface area contributed by atoms with E-state index in [2.05, 4.69) is 5.92 Å². The van der Waals surface area contributed by atoms with Crippen molar-refractivity contribution in [3.05, 3.63) is 29.8 Å². The molecule has 2 rings (SSSR count). The SMILES string of the molecule is C#C[C@H]1[C@H](COC(C)=O)C[C@@H](CO)N1S(=O)(=O)c1ccc(C)cc1. The van der Waals surface area contributed by atoms with Gasteiger partial charge in [0.05, 0.1) is 30.2 Å². The molecule has 0 aromatic heterocycles. The molecule has 1 fully saturated rings. The quantitative estimate of drug-likeness (QED) is 0.630. The highest BCUT2D eigenvalue weighted by molar-refractivity contribution is 7.89. The number of sulfonamides is 1. The molecule has 0 amide bonds. The maximum atomic E-state index is 13.0. The molecule has 0 spiro atoms. The van der Waals surface area contributed by atoms with Crippen LogP contribution in [0.4, 0.5) is 0 Å². The van der Waals surface area contributed by atoms with Gasteiger partial charge in [-0.2, -0.15) is 4.31 Å². The third-order valence-corrected chi connectivity index (χ3v) is 6.08. The first kappa shape index (κ1) is 18.5. The maximum absolute atomic E-state index is 13.0. The molecule has 3 atom stereocenters. The topological polar surface area (TPSA) is 83.9 Å². The Kier molecular flexibility index (Phi) is 5.65. The highest BCUT2D eigenvalue weighted by Gasteiger charge is 2.47. The van der Waals surface area contributed by atoms with Crippen LogP contribution in [0.5, 0.6) is 0 Å². The monoisotopic (exact) mass is 351 g/mol. The number of benzene rings is 1. The van der Waals surface area contributed by atoms with E-state index in [9.17, 15) is 18.3 Å². The van der Waals surface area contributed by atoms with Gasteiger partial charge in [-0.1, -0.05) is 23.6 Å². The first-order valence-electron chi connectivity index (χ1n) is 7.61. The summed E-state index contributed by atoms with van der Waals surface area (Å²) in [5.74, 6) is 1.68. The van der Waals surface area contributed by atoms with Crippen LogP contribution >= 0.6 is 0 Å². The maximum Gasteiger partial charge on any atom is 0.302 e. The lowest BCUT2D eigenvalue weighted by Gasteiger charge is -2.26. The number of hydrogen-bond donors (Lipinski definition) is 1. The standard InChI is InChI=1S/C17H21NO5S/c1-4-17-14(11-23-13(3)20)9-15(10-19)18(17)24(21,22)16-7-5-12(2)6-8-16/h1,5-8,14-15,17,19H,9-11H2,2-3H3/t14-,15-,17-/m0/s1. The molecule has 0 aliphatic carbocycles. The second-order valence-electron chi connectivity index (χ2n) is 5.89. The van der Waals surface area contributed by atoms with Gasteiger partial charge >= 0.3 is 5.97 Å². The van der Waals surface area contributed by atoms with Gasteiger partial charge in [-0.05, 0) is 25.5 Å². The van der Waals surface area contributed by atoms with Gasteiger partial charge in [-0.25, -0.2) is 8.42 Å². The van der Waals surface area contributed by atoms with Crippen molar-refractivity contribution in [2.24, 2.45) is 5.92 Å². The van der Waals surface area contributed by atoms with E-state index in [0.717, 1.165) is 5.56 Å². The first-order valence-corrected chi connectivity index (χ1v) is 9.05. The number of carbonyl (C=O) groups excluding carboxylic acids is 1. The molecule has 1 aromatic rings. The molecule has 0 saturated carbocycles. The molecule has 6 nitrogen and oxygen atoms in total. The van der Waals surface area contributed by atoms with Crippen molar-refractivity contribution in [1.29, 1.82) is 0 Å². The molecule has 0 radical (unpaired) electrons. The second-order valence-corrected chi connectivity index (χ2v) is 7.74. The number of carbonyl (C=O) groups is 1. The van der Waals surface area contributed by atoms with E-state index in [1.807, 2.05) is 6.92 Å². The Hall–Kier alpha value is -1.88. The zero-order chi connectivity index (χ0) is 17.9. The molecule has 7 heteroatoms. The van der Waals surface area contributed by atoms with Crippen LogP contribution in [0.3, 0.4) is 0 Å². The molecule has 1 saturated heterocycles. The van der Waals surface area contributed by atoms with Crippen molar-refractivity contribution in [2.45, 2.75) is 37.2 Å². The number of nitrogens with zero attached hydrogens (tertiary/aromatic N) is 1. The summed E-state index contributed by atoms with van der Waals surface area (Å²) in [6.45, 7) is 2.83. The molecule has 1 aliphatic rings. The number of rotatable bonds is 5. The Morgan fingerprint density at radius 2 is 2.04 bits per heavy atom. The largest absolute Gasteiger partial charge is 0.465 e. The smallest absolute Gasteiger partial charge is 0.302 e. The highest BCUT2D eigenvalue weighted by atomic mass is 32.2. The third-order valence-electron chi connectivity index (χ3n) is 4.13. The first-order chi connectivity index (χ1) is 11.3. The molecule has 1 heterocycles. The van der Waals surface area contributed by atoms with Crippen LogP contribution in [-0.2, 0) is 19.6 Å². The number of ether oxygens (including phenoxy) is 1. The van der Waals surface area contributed by atoms with Gasteiger partial charge in [-0.15, -0.1) is 6.42 Å². The third kappa shape index (κ3) is 3.61. The summed E-state index contributed by atoms with van der Waals surface area (Å²) in [5, 5.41) is 9.62. The van der Waals surface area contributed by atoms with Gasteiger partial charge in [0.25, 0.3) is 0 Å². The number of hydrogen-bond acceptors (Lipinski definition) is 5. The van der Waals surface area contributed by atoms with E-state index in [1.54, 1.807) is 12.1 Å². The Balaban J connectivity index is 2.36. The van der Waals surface area contributed by atoms with Crippen LogP contribution in [0.15, 0.2) is 29.2 Å². The molecule has 1 aliphatic heterocycles. The lowest BCUT2D eigenvalue weighted by molar-refractivity contribution is -0.142. The Bertz CT molecular complexity index is 735. The Labute approximate surface area is 142 Å². The molecular weight excluding hydrogens is 330 g/mol. The van der Waals surface area contributed by atoms with Gasteiger partial charge < -0.3 is 9.84 Å². The van der Waals surface area contributed by atoms with Crippen molar-refractivity contribution >= 4 is 16.0 Å². The van der Waals surface area contributed by atoms with E-state index in [1.165, 1.54) is 23.4 Å². The van der Waals surface area contributed by atoms with E-state index in [4.69, 9.17) is 11.2 Å². The van der Waals surface area contributed by atoms with Crippen molar-refractivity contribution in [2.75, 3.05) is 13.2 Å². The Morgan fingerprint density at radius 1 is 1.42 bits per heavy atom. The van der Waals surface area contributed by atoms with Crippen LogP contribution in [0.2, 0.25) is 0 Å². The van der Waals surface area contributed by atoms with E-state index < -0.39 is 28.1 Å². The fraction of sp³-hybridized carbons (Fsp3) is 0.471. The summed E-state index contributed by atoms with van der Waals surface area (Å²) < 4.78 is 32.1. The minimum atomic E-state index is -3.86. The minimum Gasteiger partial charge on any atom is -0.465 e. The molecule has 0 bridgehead atoms. The van der Waals surface area contributed by atoms with Crippen molar-refractivity contribution < 1.29 is 23.1 Å². The van der Waals surface area contributed by atoms with Gasteiger partial charge in [0.1, 0.15) is 0 Å². The molecule has 1 N–H and O–H groups in total. The summed E-state index contributed by atoms with van der Waals surface area (Å²) in [4.78, 5) is 11.1. The summed E-state index contributed by atoms with van der Waals surface area (Å²) in [6, 6.07) is 5.04. The molecular formula is C17H21NO5S. The van der Waals surface area contributed by atoms with Gasteiger partial charge in [0, 0.05) is 12.8 Å². The number of aryl methyl sites for hydroxylation is 1. The fourth-order valence-electron chi connectivity index (χ4n) is 2.94. The lowest BCUT2D eigenvalue weighted by atomic mass is 10.0. The number of aliphatic hydroxyl groups excluding tert-OH is 1. The van der Waals surface area contributed by atoms with Crippen molar-refractivity contribution in [3.63, 3.8) is 0 Å². The molecule has 24 heavy (non-hydrogen) atoms. The molecule has 130 valence electrons. The molecule has 1 aromatic carbocycles. The van der Waals surface area contributed by atoms with Crippen LogP contribution in [0, 0.1) is 25.2 Å². The average Bonchev–Trinajstić information content (AvgIpc) is 2.91. The summed E-state index contributed by atoms with van der Waals surface area (Å²) >= 11 is 0. The number of terminal acetylenes is 1. The van der Waals surface area contributed by atoms with Gasteiger partial charge in [-0.3, -0.25) is 4.79 Å². The van der Waals surface area contributed by atoms with Crippen LogP contribution in [-0.4, -0.2) is 49.1 Å². The van der Waals surface area contributed by atoms with Crippen LogP contribution in [0.1, 0.15) is 18.9 Å². The number of aliphatic hydroxyl groups is 1. The zero-order valence-corrected chi connectivity index (χ0v) is 14.5. The minimum absolute atomic E-state index is 0.0284. The van der Waals surface area contributed by atoms with E-state index in [-0.39, 0.29) is 24.0 Å². The Morgan fingerprint density at radius 3 is 2.54 bits per heavy atom. The number of esters is 1. The fourth-order valence-corrected chi connectivity index (χ4v) is 4.74. The zero-order valence-electron chi connectivity index (χ0n) is 13.7. The lowest BCUT2D eigenvalue weighted by Crippen LogP contribution is -2.43. The molecule has 0 unspecified atom stereocenters. The van der Waals surface area contributed by atoms with Crippen molar-refractivity contribution in [3.8, 4) is 12.3 Å². The van der Waals surface area contributed by atoms with Crippen LogP contribution in [0.25, 0.3) is 0 Å². The van der Waals surface area contributed by atoms with E-state index in [0.29, 0.717) is 6.42 Å². The van der Waals surface area contributed by atoms with Crippen molar-refractivity contribution in [1.82, 2.24) is 4.31 Å². The predicted molar refractivity (Wildman–Crippen MR) is 88.4 cm³/mol. The summed E-state index contributed by atoms with van der Waals surface area (Å²) in [5.41, 5.74) is 0.940. The van der Waals surface area contributed by atoms with Gasteiger partial charge in [0.15, 0.2) is 0 Å². The highest BCUT2D eigenvalue weighted by Crippen LogP contribution is 2.35. The van der Waals surface area contributed by atoms with Crippen LogP contribution < -0.4 is 0 Å². The second kappa shape index (κ2) is 7.34. The van der Waals surface area contributed by atoms with Gasteiger partial charge in [0.2, 0.25) is 10.0 Å². The predicted octanol–water partition coefficient (Wildman–Crippen LogP) is 0.931. The van der Waals surface area contributed by atoms with E-state index >= 15 is 0 Å². The normalized spacial score (nSPS) is 24.5.